The van der Waals surface area contributed by atoms with Crippen LogP contribution in [0.2, 0.25) is 0 Å². The number of carbonyl (C=O) groups is 2. The van der Waals surface area contributed by atoms with Crippen molar-refractivity contribution in [3.63, 3.8) is 0 Å². The van der Waals surface area contributed by atoms with E-state index in [9.17, 15) is 14.0 Å². The molecule has 1 fully saturated rings. The Balaban J connectivity index is 1.94. The zero-order valence-corrected chi connectivity index (χ0v) is 12.7. The summed E-state index contributed by atoms with van der Waals surface area (Å²) in [6.45, 7) is 3.31. The van der Waals surface area contributed by atoms with Gasteiger partial charge in [0.15, 0.2) is 0 Å². The van der Waals surface area contributed by atoms with E-state index in [-0.39, 0.29) is 11.8 Å². The molecule has 1 aliphatic rings. The lowest BCUT2D eigenvalue weighted by molar-refractivity contribution is -0.128. The van der Waals surface area contributed by atoms with Crippen LogP contribution in [0.3, 0.4) is 0 Å². The number of hydrogen-bond acceptors (Lipinski definition) is 3. The first-order valence-corrected chi connectivity index (χ1v) is 7.46. The molecule has 0 saturated carbocycles. The minimum atomic E-state index is -0.836. The molecule has 2 amide bonds. The van der Waals surface area contributed by atoms with Gasteiger partial charge in [-0.1, -0.05) is 12.1 Å². The number of nitrogens with zero attached hydrogens (tertiary/aromatic N) is 3. The molecule has 0 spiro atoms. The number of rotatable bonds is 3. The van der Waals surface area contributed by atoms with Crippen molar-refractivity contribution in [3.8, 4) is 0 Å². The van der Waals surface area contributed by atoms with Gasteiger partial charge in [0.25, 0.3) is 5.91 Å². The summed E-state index contributed by atoms with van der Waals surface area (Å²) in [6, 6.07) is 4.93. The molecule has 0 aliphatic carbocycles. The molecule has 7 heteroatoms. The second kappa shape index (κ2) is 6.20. The highest BCUT2D eigenvalue weighted by atomic mass is 19.1. The minimum Gasteiger partial charge on any atom is -0.352 e. The maximum absolute atomic E-state index is 13.5. The molecule has 6 nitrogen and oxygen atoms in total. The Labute approximate surface area is 132 Å². The van der Waals surface area contributed by atoms with Crippen LogP contribution < -0.4 is 5.32 Å². The fraction of sp³-hybridized carbons (Fsp3) is 0.312. The van der Waals surface area contributed by atoms with Gasteiger partial charge in [-0.25, -0.2) is 4.39 Å². The average Bonchev–Trinajstić information content (AvgIpc) is 3.03. The quantitative estimate of drug-likeness (QED) is 0.929. The zero-order chi connectivity index (χ0) is 16.4. The molecule has 120 valence electrons. The van der Waals surface area contributed by atoms with Crippen molar-refractivity contribution in [1.82, 2.24) is 20.0 Å². The van der Waals surface area contributed by atoms with Crippen LogP contribution in [0, 0.1) is 5.82 Å². The standard InChI is InChI=1S/C16H17FN4O2/c1-2-20-10-12(9-19-20)16(23)21-7-6-18-15(22)14(21)11-4-3-5-13(17)8-11/h3-5,8-10,14H,2,6-7H2,1H3,(H,18,22)/t14-/m1/s1. The van der Waals surface area contributed by atoms with Gasteiger partial charge in [-0.2, -0.15) is 5.10 Å². The maximum Gasteiger partial charge on any atom is 0.258 e. The lowest BCUT2D eigenvalue weighted by Gasteiger charge is -2.35. The Morgan fingerprint density at radius 2 is 2.30 bits per heavy atom. The molecule has 1 aromatic carbocycles. The molecule has 1 aromatic heterocycles. The number of nitrogens with one attached hydrogen (secondary N) is 1. The highest BCUT2D eigenvalue weighted by Gasteiger charge is 2.35. The van der Waals surface area contributed by atoms with Crippen molar-refractivity contribution in [3.05, 3.63) is 53.6 Å². The fourth-order valence-corrected chi connectivity index (χ4v) is 2.71. The Morgan fingerprint density at radius 1 is 1.48 bits per heavy atom. The van der Waals surface area contributed by atoms with Crippen LogP contribution in [0.25, 0.3) is 0 Å². The van der Waals surface area contributed by atoms with Crippen molar-refractivity contribution >= 4 is 11.8 Å². The lowest BCUT2D eigenvalue weighted by Crippen LogP contribution is -2.52. The van der Waals surface area contributed by atoms with Crippen molar-refractivity contribution in [1.29, 1.82) is 0 Å². The molecule has 3 rings (SSSR count). The summed E-state index contributed by atoms with van der Waals surface area (Å²) in [7, 11) is 0. The van der Waals surface area contributed by atoms with Crippen LogP contribution in [0.4, 0.5) is 4.39 Å². The molecule has 2 heterocycles. The van der Waals surface area contributed by atoms with E-state index < -0.39 is 11.9 Å². The first-order chi connectivity index (χ1) is 11.1. The topological polar surface area (TPSA) is 67.2 Å². The molecule has 0 radical (unpaired) electrons. The summed E-state index contributed by atoms with van der Waals surface area (Å²) in [5.41, 5.74) is 0.876. The molecule has 0 bridgehead atoms. The van der Waals surface area contributed by atoms with Crippen molar-refractivity contribution in [2.24, 2.45) is 0 Å². The third kappa shape index (κ3) is 2.94. The maximum atomic E-state index is 13.5. The van der Waals surface area contributed by atoms with Crippen molar-refractivity contribution < 1.29 is 14.0 Å². The molecule has 1 atom stereocenters. The fourth-order valence-electron chi connectivity index (χ4n) is 2.71. The van der Waals surface area contributed by atoms with Crippen LogP contribution in [0.5, 0.6) is 0 Å². The Bertz CT molecular complexity index is 743. The Morgan fingerprint density at radius 3 is 3.00 bits per heavy atom. The van der Waals surface area contributed by atoms with E-state index in [0.29, 0.717) is 30.8 Å². The van der Waals surface area contributed by atoms with Crippen LogP contribution in [-0.4, -0.2) is 39.6 Å². The molecule has 1 aliphatic heterocycles. The number of aromatic nitrogens is 2. The van der Waals surface area contributed by atoms with Gasteiger partial charge in [0, 0.05) is 25.8 Å². The summed E-state index contributed by atoms with van der Waals surface area (Å²) in [5.74, 6) is -1.03. The smallest absolute Gasteiger partial charge is 0.258 e. The molecular formula is C16H17FN4O2. The molecule has 1 N–H and O–H groups in total. The van der Waals surface area contributed by atoms with Gasteiger partial charge in [-0.05, 0) is 24.6 Å². The summed E-state index contributed by atoms with van der Waals surface area (Å²) >= 11 is 0. The first kappa shape index (κ1) is 15.2. The molecule has 0 unspecified atom stereocenters. The van der Waals surface area contributed by atoms with Crippen molar-refractivity contribution in [2.45, 2.75) is 19.5 Å². The van der Waals surface area contributed by atoms with Gasteiger partial charge < -0.3 is 10.2 Å². The largest absolute Gasteiger partial charge is 0.352 e. The number of halogens is 1. The van der Waals surface area contributed by atoms with E-state index in [1.54, 1.807) is 16.9 Å². The predicted octanol–water partition coefficient (Wildman–Crippen LogP) is 1.36. The lowest BCUT2D eigenvalue weighted by atomic mass is 10.0. The number of amides is 2. The average molecular weight is 316 g/mol. The highest BCUT2D eigenvalue weighted by Crippen LogP contribution is 2.25. The molecule has 2 aromatic rings. The summed E-state index contributed by atoms with van der Waals surface area (Å²) in [4.78, 5) is 26.5. The SMILES string of the molecule is CCn1cc(C(=O)N2CCNC(=O)[C@H]2c2cccc(F)c2)cn1. The van der Waals surface area contributed by atoms with Gasteiger partial charge in [-0.3, -0.25) is 14.3 Å². The highest BCUT2D eigenvalue weighted by molar-refractivity contribution is 5.98. The monoisotopic (exact) mass is 316 g/mol. The van der Waals surface area contributed by atoms with Gasteiger partial charge >= 0.3 is 0 Å². The van der Waals surface area contributed by atoms with E-state index in [1.807, 2.05) is 6.92 Å². The van der Waals surface area contributed by atoms with E-state index in [4.69, 9.17) is 0 Å². The number of aryl methyl sites for hydroxylation is 1. The number of benzene rings is 1. The van der Waals surface area contributed by atoms with E-state index in [0.717, 1.165) is 0 Å². The first-order valence-electron chi connectivity index (χ1n) is 7.46. The van der Waals surface area contributed by atoms with E-state index in [1.165, 1.54) is 29.3 Å². The third-order valence-electron chi connectivity index (χ3n) is 3.84. The van der Waals surface area contributed by atoms with Crippen LogP contribution in [-0.2, 0) is 11.3 Å². The predicted molar refractivity (Wildman–Crippen MR) is 81.1 cm³/mol. The number of hydrogen-bond donors (Lipinski definition) is 1. The molecular weight excluding hydrogens is 299 g/mol. The number of piperazine rings is 1. The Kier molecular flexibility index (Phi) is 4.10. The van der Waals surface area contributed by atoms with Gasteiger partial charge in [0.2, 0.25) is 5.91 Å². The molecule has 23 heavy (non-hydrogen) atoms. The summed E-state index contributed by atoms with van der Waals surface area (Å²) in [6.07, 6.45) is 3.14. The Hall–Kier alpha value is -2.70. The van der Waals surface area contributed by atoms with Crippen LogP contribution in [0.15, 0.2) is 36.7 Å². The van der Waals surface area contributed by atoms with E-state index in [2.05, 4.69) is 10.4 Å². The zero-order valence-electron chi connectivity index (χ0n) is 12.7. The van der Waals surface area contributed by atoms with Gasteiger partial charge in [-0.15, -0.1) is 0 Å². The second-order valence-electron chi connectivity index (χ2n) is 5.33. The third-order valence-corrected chi connectivity index (χ3v) is 3.84. The summed E-state index contributed by atoms with van der Waals surface area (Å²) < 4.78 is 15.1. The summed E-state index contributed by atoms with van der Waals surface area (Å²) in [5, 5.41) is 6.82. The van der Waals surface area contributed by atoms with Gasteiger partial charge in [0.05, 0.1) is 11.8 Å². The van der Waals surface area contributed by atoms with Crippen LogP contribution >= 0.6 is 0 Å². The minimum absolute atomic E-state index is 0.284. The van der Waals surface area contributed by atoms with Crippen molar-refractivity contribution in [2.75, 3.05) is 13.1 Å². The second-order valence-corrected chi connectivity index (χ2v) is 5.33. The van der Waals surface area contributed by atoms with E-state index >= 15 is 0 Å². The molecule has 1 saturated heterocycles. The van der Waals surface area contributed by atoms with Crippen LogP contribution in [0.1, 0.15) is 28.9 Å². The van der Waals surface area contributed by atoms with Gasteiger partial charge in [0.1, 0.15) is 11.9 Å². The number of carbonyl (C=O) groups excluding carboxylic acids is 2. The normalized spacial score (nSPS) is 17.9.